The summed E-state index contributed by atoms with van der Waals surface area (Å²) in [4.78, 5) is 40.3. The van der Waals surface area contributed by atoms with E-state index in [1.165, 1.54) is 10.9 Å². The lowest BCUT2D eigenvalue weighted by Gasteiger charge is -2.09. The molecule has 0 unspecified atom stereocenters. The Morgan fingerprint density at radius 2 is 1.89 bits per heavy atom. The molecule has 0 saturated heterocycles. The molecule has 0 spiro atoms. The maximum Gasteiger partial charge on any atom is 0.325 e. The fourth-order valence-corrected chi connectivity index (χ4v) is 2.89. The van der Waals surface area contributed by atoms with Gasteiger partial charge in [0.05, 0.1) is 30.4 Å². The maximum atomic E-state index is 12.4. The van der Waals surface area contributed by atoms with Gasteiger partial charge < -0.3 is 5.32 Å². The molecule has 0 aliphatic carbocycles. The molecule has 0 radical (unpaired) electrons. The molecule has 8 nitrogen and oxygen atoms in total. The second-order valence-corrected chi connectivity index (χ2v) is 7.13. The van der Waals surface area contributed by atoms with Gasteiger partial charge in [0, 0.05) is 15.2 Å². The number of carbonyl (C=O) groups excluding carboxylic acids is 2. The number of fused-ring (bicyclic) bond motifs is 1. The number of imide groups is 1. The van der Waals surface area contributed by atoms with E-state index in [0.29, 0.717) is 21.6 Å². The van der Waals surface area contributed by atoms with Crippen molar-refractivity contribution in [2.24, 2.45) is 0 Å². The van der Waals surface area contributed by atoms with Gasteiger partial charge in [0.2, 0.25) is 5.91 Å². The molecule has 28 heavy (non-hydrogen) atoms. The summed E-state index contributed by atoms with van der Waals surface area (Å²) in [5, 5.41) is 8.51. The fourth-order valence-electron chi connectivity index (χ4n) is 2.40. The molecule has 0 bridgehead atoms. The van der Waals surface area contributed by atoms with E-state index in [1.54, 1.807) is 42.5 Å². The van der Waals surface area contributed by atoms with E-state index in [4.69, 9.17) is 11.6 Å². The highest BCUT2D eigenvalue weighted by Gasteiger charge is 2.09. The van der Waals surface area contributed by atoms with Crippen molar-refractivity contribution in [3.05, 3.63) is 68.6 Å². The first kappa shape index (κ1) is 20.0. The molecule has 1 aromatic heterocycles. The van der Waals surface area contributed by atoms with Crippen molar-refractivity contribution in [1.82, 2.24) is 20.2 Å². The molecule has 3 rings (SSSR count). The zero-order valence-corrected chi connectivity index (χ0v) is 16.8. The second kappa shape index (κ2) is 8.96. The van der Waals surface area contributed by atoms with E-state index in [2.05, 4.69) is 36.9 Å². The predicted molar refractivity (Wildman–Crippen MR) is 110 cm³/mol. The van der Waals surface area contributed by atoms with E-state index >= 15 is 0 Å². The lowest BCUT2D eigenvalue weighted by molar-refractivity contribution is -0.119. The standard InChI is InChI=1S/C18H15BrClN5O3/c19-11-1-6-15-14(7-11)17(27)25(10-22-15)9-21-8-16(26)24-18(28)23-13-4-2-12(20)3-5-13/h1-7,10,21H,8-9H2,(H2,23,24,26,28). The van der Waals surface area contributed by atoms with Gasteiger partial charge in [0.15, 0.2) is 0 Å². The number of urea groups is 1. The molecule has 3 amide bonds. The number of aromatic nitrogens is 2. The molecule has 1 heterocycles. The van der Waals surface area contributed by atoms with E-state index in [-0.39, 0.29) is 18.8 Å². The van der Waals surface area contributed by atoms with Crippen LogP contribution in [0.5, 0.6) is 0 Å². The van der Waals surface area contributed by atoms with Gasteiger partial charge in [-0.1, -0.05) is 27.5 Å². The number of benzene rings is 2. The molecule has 0 aliphatic heterocycles. The molecule has 0 atom stereocenters. The molecule has 0 aliphatic rings. The van der Waals surface area contributed by atoms with Crippen LogP contribution in [0.15, 0.2) is 58.1 Å². The van der Waals surface area contributed by atoms with Gasteiger partial charge in [-0.2, -0.15) is 0 Å². The quantitative estimate of drug-likeness (QED) is 0.538. The second-order valence-electron chi connectivity index (χ2n) is 5.78. The molecule has 2 aromatic carbocycles. The van der Waals surface area contributed by atoms with Crippen molar-refractivity contribution in [3.8, 4) is 0 Å². The summed E-state index contributed by atoms with van der Waals surface area (Å²) < 4.78 is 2.12. The summed E-state index contributed by atoms with van der Waals surface area (Å²) in [5.41, 5.74) is 0.850. The Morgan fingerprint density at radius 1 is 1.14 bits per heavy atom. The highest BCUT2D eigenvalue weighted by Crippen LogP contribution is 2.15. The largest absolute Gasteiger partial charge is 0.325 e. The van der Waals surface area contributed by atoms with Crippen LogP contribution in [0.1, 0.15) is 0 Å². The Morgan fingerprint density at radius 3 is 2.64 bits per heavy atom. The molecule has 10 heteroatoms. The van der Waals surface area contributed by atoms with Crippen molar-refractivity contribution in [2.45, 2.75) is 6.67 Å². The number of hydrogen-bond donors (Lipinski definition) is 3. The smallest absolute Gasteiger partial charge is 0.308 e. The van der Waals surface area contributed by atoms with Crippen LogP contribution in [-0.4, -0.2) is 28.0 Å². The lowest BCUT2D eigenvalue weighted by atomic mass is 10.2. The first-order chi connectivity index (χ1) is 13.4. The topological polar surface area (TPSA) is 105 Å². The van der Waals surface area contributed by atoms with Crippen LogP contribution in [0.3, 0.4) is 0 Å². The molecular weight excluding hydrogens is 450 g/mol. The Balaban J connectivity index is 1.52. The predicted octanol–water partition coefficient (Wildman–Crippen LogP) is 2.71. The summed E-state index contributed by atoms with van der Waals surface area (Å²) in [6.07, 6.45) is 1.40. The third-order valence-corrected chi connectivity index (χ3v) is 4.45. The first-order valence-corrected chi connectivity index (χ1v) is 9.31. The van der Waals surface area contributed by atoms with Crippen molar-refractivity contribution in [2.75, 3.05) is 11.9 Å². The maximum absolute atomic E-state index is 12.4. The highest BCUT2D eigenvalue weighted by molar-refractivity contribution is 9.10. The van der Waals surface area contributed by atoms with Gasteiger partial charge >= 0.3 is 6.03 Å². The van der Waals surface area contributed by atoms with Crippen LogP contribution < -0.4 is 21.5 Å². The van der Waals surface area contributed by atoms with Crippen molar-refractivity contribution in [3.63, 3.8) is 0 Å². The monoisotopic (exact) mass is 463 g/mol. The number of rotatable bonds is 5. The number of nitrogens with zero attached hydrogens (tertiary/aromatic N) is 2. The Labute approximate surface area is 173 Å². The number of nitrogens with one attached hydrogen (secondary N) is 3. The van der Waals surface area contributed by atoms with E-state index in [9.17, 15) is 14.4 Å². The van der Waals surface area contributed by atoms with Gasteiger partial charge in [-0.3, -0.25) is 24.8 Å². The number of halogens is 2. The van der Waals surface area contributed by atoms with E-state index in [1.807, 2.05) is 0 Å². The minimum absolute atomic E-state index is 0.0700. The minimum atomic E-state index is -0.663. The highest BCUT2D eigenvalue weighted by atomic mass is 79.9. The number of hydrogen-bond acceptors (Lipinski definition) is 5. The molecule has 3 aromatic rings. The zero-order chi connectivity index (χ0) is 20.1. The van der Waals surface area contributed by atoms with Gasteiger partial charge in [0.25, 0.3) is 5.56 Å². The van der Waals surface area contributed by atoms with Gasteiger partial charge in [-0.15, -0.1) is 0 Å². The summed E-state index contributed by atoms with van der Waals surface area (Å²) in [6.45, 7) is -0.0858. The zero-order valence-electron chi connectivity index (χ0n) is 14.4. The van der Waals surface area contributed by atoms with Crippen LogP contribution in [-0.2, 0) is 11.5 Å². The van der Waals surface area contributed by atoms with Crippen LogP contribution in [0.25, 0.3) is 10.9 Å². The average molecular weight is 465 g/mol. The van der Waals surface area contributed by atoms with Gasteiger partial charge in [-0.25, -0.2) is 9.78 Å². The normalized spacial score (nSPS) is 10.6. The third-order valence-electron chi connectivity index (χ3n) is 3.71. The SMILES string of the molecule is O=C(CNCn1cnc2ccc(Br)cc2c1=O)NC(=O)Nc1ccc(Cl)cc1. The van der Waals surface area contributed by atoms with E-state index < -0.39 is 11.9 Å². The summed E-state index contributed by atoms with van der Waals surface area (Å²) in [6, 6.07) is 11.0. The minimum Gasteiger partial charge on any atom is -0.308 e. The Hall–Kier alpha value is -2.75. The summed E-state index contributed by atoms with van der Waals surface area (Å²) >= 11 is 9.09. The average Bonchev–Trinajstić information content (AvgIpc) is 2.66. The third kappa shape index (κ3) is 5.16. The molecular formula is C18H15BrClN5O3. The van der Waals surface area contributed by atoms with Gasteiger partial charge in [0.1, 0.15) is 0 Å². The fraction of sp³-hybridized carbons (Fsp3) is 0.111. The summed E-state index contributed by atoms with van der Waals surface area (Å²) in [5.74, 6) is -0.545. The Kier molecular flexibility index (Phi) is 6.40. The summed E-state index contributed by atoms with van der Waals surface area (Å²) in [7, 11) is 0. The lowest BCUT2D eigenvalue weighted by Crippen LogP contribution is -2.41. The van der Waals surface area contributed by atoms with E-state index in [0.717, 1.165) is 4.47 Å². The van der Waals surface area contributed by atoms with Crippen LogP contribution >= 0.6 is 27.5 Å². The van der Waals surface area contributed by atoms with Crippen molar-refractivity contribution in [1.29, 1.82) is 0 Å². The van der Waals surface area contributed by atoms with Gasteiger partial charge in [-0.05, 0) is 42.5 Å². The van der Waals surface area contributed by atoms with Crippen LogP contribution in [0.2, 0.25) is 5.02 Å². The number of anilines is 1. The number of amides is 3. The number of carbonyl (C=O) groups is 2. The first-order valence-electron chi connectivity index (χ1n) is 8.14. The molecule has 144 valence electrons. The van der Waals surface area contributed by atoms with Crippen molar-refractivity contribution >= 4 is 56.1 Å². The van der Waals surface area contributed by atoms with Crippen LogP contribution in [0, 0.1) is 0 Å². The molecule has 0 saturated carbocycles. The molecule has 0 fully saturated rings. The Bertz CT molecular complexity index is 1080. The van der Waals surface area contributed by atoms with Crippen molar-refractivity contribution < 1.29 is 9.59 Å². The van der Waals surface area contributed by atoms with Crippen LogP contribution in [0.4, 0.5) is 10.5 Å². The molecule has 3 N–H and O–H groups in total.